The Hall–Kier alpha value is -1.80. The van der Waals surface area contributed by atoms with Crippen molar-refractivity contribution in [3.8, 4) is 5.75 Å². The smallest absolute Gasteiger partial charge is 0.138 e. The van der Waals surface area contributed by atoms with Crippen LogP contribution in [0.3, 0.4) is 0 Å². The van der Waals surface area contributed by atoms with Gasteiger partial charge in [-0.15, -0.1) is 4.31 Å². The summed E-state index contributed by atoms with van der Waals surface area (Å²) in [5.41, 5.74) is 2.75. The fourth-order valence-electron chi connectivity index (χ4n) is 3.99. The molecule has 6 nitrogen and oxygen atoms in total. The first-order valence-electron chi connectivity index (χ1n) is 10.8. The number of aromatic nitrogens is 1. The van der Waals surface area contributed by atoms with Crippen molar-refractivity contribution in [2.24, 2.45) is 0 Å². The van der Waals surface area contributed by atoms with Gasteiger partial charge < -0.3 is 14.2 Å². The molecule has 2 aromatic rings. The van der Waals surface area contributed by atoms with Crippen LogP contribution in [0.2, 0.25) is 0 Å². The summed E-state index contributed by atoms with van der Waals surface area (Å²) in [7, 11) is 0. The number of ether oxygens (including phenoxy) is 1. The lowest BCUT2D eigenvalue weighted by atomic mass is 10.0. The normalized spacial score (nSPS) is 19.7. The summed E-state index contributed by atoms with van der Waals surface area (Å²) in [5, 5.41) is 0. The Morgan fingerprint density at radius 3 is 2.33 bits per heavy atom. The van der Waals surface area contributed by atoms with Crippen LogP contribution < -0.4 is 9.64 Å². The quantitative estimate of drug-likeness (QED) is 0.632. The van der Waals surface area contributed by atoms with Crippen molar-refractivity contribution in [1.82, 2.24) is 14.2 Å². The van der Waals surface area contributed by atoms with E-state index in [9.17, 15) is 4.55 Å². The monoisotopic (exact) mass is 428 g/mol. The fraction of sp³-hybridized carbons (Fsp3) is 0.522. The molecule has 0 aliphatic carbocycles. The van der Waals surface area contributed by atoms with Crippen molar-refractivity contribution in [3.63, 3.8) is 0 Å². The first-order valence-corrected chi connectivity index (χ1v) is 12.3. The highest BCUT2D eigenvalue weighted by molar-refractivity contribution is 7.88. The van der Waals surface area contributed by atoms with E-state index >= 15 is 0 Å². The van der Waals surface area contributed by atoms with Gasteiger partial charge in [0, 0.05) is 44.1 Å². The Balaban J connectivity index is 1.21. The predicted molar refractivity (Wildman–Crippen MR) is 122 cm³/mol. The highest BCUT2D eigenvalue weighted by Crippen LogP contribution is 2.23. The van der Waals surface area contributed by atoms with Gasteiger partial charge in [0.15, 0.2) is 0 Å². The molecule has 2 saturated heterocycles. The van der Waals surface area contributed by atoms with E-state index in [1.807, 2.05) is 22.6 Å². The molecule has 3 heterocycles. The van der Waals surface area contributed by atoms with Gasteiger partial charge in [0.25, 0.3) is 0 Å². The number of nitrogens with zero attached hydrogens (tertiary/aromatic N) is 4. The van der Waals surface area contributed by atoms with Crippen LogP contribution in [0.5, 0.6) is 5.75 Å². The van der Waals surface area contributed by atoms with Crippen LogP contribution in [0.25, 0.3) is 0 Å². The SMILES string of the molecule is CC(C)c1ccc(CN2CC(Oc3ccc(N4CCN([S+](C)[O-])CC4)nc3)C2)cc1. The van der Waals surface area contributed by atoms with Crippen LogP contribution in [0, 0.1) is 0 Å². The topological polar surface area (TPSA) is 54.9 Å². The summed E-state index contributed by atoms with van der Waals surface area (Å²) in [6, 6.07) is 13.0. The first-order chi connectivity index (χ1) is 14.5. The van der Waals surface area contributed by atoms with Crippen LogP contribution in [-0.2, 0) is 17.9 Å². The van der Waals surface area contributed by atoms with Gasteiger partial charge in [0.1, 0.15) is 23.9 Å². The van der Waals surface area contributed by atoms with Crippen LogP contribution in [-0.4, -0.2) is 70.4 Å². The number of hydrogen-bond donors (Lipinski definition) is 0. The largest absolute Gasteiger partial charge is 0.598 e. The Morgan fingerprint density at radius 1 is 1.07 bits per heavy atom. The van der Waals surface area contributed by atoms with Gasteiger partial charge in [-0.1, -0.05) is 38.1 Å². The third-order valence-corrected chi connectivity index (χ3v) is 7.02. The molecule has 4 rings (SSSR count). The molecule has 2 aliphatic rings. The summed E-state index contributed by atoms with van der Waals surface area (Å²) in [6.45, 7) is 10.6. The minimum absolute atomic E-state index is 0.232. The second-order valence-corrected chi connectivity index (χ2v) is 9.89. The zero-order chi connectivity index (χ0) is 21.1. The van der Waals surface area contributed by atoms with E-state index in [0.29, 0.717) is 5.92 Å². The Kier molecular flexibility index (Phi) is 6.83. The summed E-state index contributed by atoms with van der Waals surface area (Å²) in [5.74, 6) is 2.37. The molecule has 162 valence electrons. The van der Waals surface area contributed by atoms with E-state index < -0.39 is 11.4 Å². The molecule has 1 aromatic carbocycles. The minimum atomic E-state index is -0.886. The maximum absolute atomic E-state index is 11.6. The maximum atomic E-state index is 11.6. The molecule has 0 spiro atoms. The molecular formula is C23H32N4O2S. The van der Waals surface area contributed by atoms with E-state index in [1.165, 1.54) is 11.1 Å². The fourth-order valence-corrected chi connectivity index (χ4v) is 4.67. The predicted octanol–water partition coefficient (Wildman–Crippen LogP) is 2.88. The first kappa shape index (κ1) is 21.4. The molecule has 1 unspecified atom stereocenters. The third kappa shape index (κ3) is 5.27. The molecule has 2 fully saturated rings. The number of hydrogen-bond acceptors (Lipinski definition) is 6. The Bertz CT molecular complexity index is 799. The minimum Gasteiger partial charge on any atom is -0.598 e. The highest BCUT2D eigenvalue weighted by atomic mass is 32.2. The number of likely N-dealkylation sites (tertiary alicyclic amines) is 1. The van der Waals surface area contributed by atoms with Gasteiger partial charge in [-0.3, -0.25) is 4.90 Å². The number of pyridine rings is 1. The molecular weight excluding hydrogens is 396 g/mol. The number of anilines is 1. The van der Waals surface area contributed by atoms with Crippen molar-refractivity contribution >= 4 is 17.2 Å². The molecule has 0 amide bonds. The van der Waals surface area contributed by atoms with Crippen molar-refractivity contribution in [2.45, 2.75) is 32.4 Å². The summed E-state index contributed by atoms with van der Waals surface area (Å²) in [4.78, 5) is 9.24. The summed E-state index contributed by atoms with van der Waals surface area (Å²) >= 11 is -0.886. The van der Waals surface area contributed by atoms with Gasteiger partial charge in [-0.05, 0) is 29.2 Å². The highest BCUT2D eigenvalue weighted by Gasteiger charge is 2.28. The molecule has 0 saturated carbocycles. The average Bonchev–Trinajstić information content (AvgIpc) is 2.73. The van der Waals surface area contributed by atoms with Crippen molar-refractivity contribution in [3.05, 3.63) is 53.7 Å². The number of piperazine rings is 1. The Morgan fingerprint density at radius 2 is 1.77 bits per heavy atom. The second kappa shape index (κ2) is 9.56. The number of rotatable bonds is 7. The molecule has 0 N–H and O–H groups in total. The Labute approximate surface area is 183 Å². The zero-order valence-electron chi connectivity index (χ0n) is 18.2. The lowest BCUT2D eigenvalue weighted by Gasteiger charge is -2.39. The standard InChI is InChI=1S/C23H32N4O2S/c1-18(2)20-6-4-19(5-7-20)15-25-16-22(17-25)29-21-8-9-23(24-14-21)26-10-12-27(13-11-26)30(3)28/h4-9,14,18,22H,10-13,15-17H2,1-3H3. The van der Waals surface area contributed by atoms with E-state index in [-0.39, 0.29) is 6.10 Å². The maximum Gasteiger partial charge on any atom is 0.138 e. The van der Waals surface area contributed by atoms with Crippen molar-refractivity contribution in [2.75, 3.05) is 50.4 Å². The van der Waals surface area contributed by atoms with Gasteiger partial charge in [-0.25, -0.2) is 4.98 Å². The summed E-state index contributed by atoms with van der Waals surface area (Å²) in [6.07, 6.45) is 3.80. The van der Waals surface area contributed by atoms with Gasteiger partial charge in [-0.2, -0.15) is 0 Å². The van der Waals surface area contributed by atoms with Gasteiger partial charge >= 0.3 is 0 Å². The van der Waals surface area contributed by atoms with Crippen LogP contribution in [0.15, 0.2) is 42.6 Å². The lowest BCUT2D eigenvalue weighted by molar-refractivity contribution is 0.0144. The van der Waals surface area contributed by atoms with E-state index in [2.05, 4.69) is 52.9 Å². The van der Waals surface area contributed by atoms with Gasteiger partial charge in [0.05, 0.1) is 19.3 Å². The molecule has 0 bridgehead atoms. The van der Waals surface area contributed by atoms with Crippen molar-refractivity contribution in [1.29, 1.82) is 0 Å². The molecule has 7 heteroatoms. The van der Waals surface area contributed by atoms with Gasteiger partial charge in [0.2, 0.25) is 0 Å². The molecule has 30 heavy (non-hydrogen) atoms. The molecule has 1 aromatic heterocycles. The zero-order valence-corrected chi connectivity index (χ0v) is 19.0. The van der Waals surface area contributed by atoms with E-state index in [0.717, 1.165) is 57.4 Å². The summed E-state index contributed by atoms with van der Waals surface area (Å²) < 4.78 is 19.7. The number of benzene rings is 1. The second-order valence-electron chi connectivity index (χ2n) is 8.52. The van der Waals surface area contributed by atoms with Crippen LogP contribution in [0.1, 0.15) is 30.9 Å². The van der Waals surface area contributed by atoms with Crippen LogP contribution in [0.4, 0.5) is 5.82 Å². The van der Waals surface area contributed by atoms with E-state index in [4.69, 9.17) is 4.74 Å². The van der Waals surface area contributed by atoms with Crippen molar-refractivity contribution < 1.29 is 9.29 Å². The lowest BCUT2D eigenvalue weighted by Crippen LogP contribution is -2.53. The molecule has 2 aliphatic heterocycles. The van der Waals surface area contributed by atoms with E-state index in [1.54, 1.807) is 6.26 Å². The van der Waals surface area contributed by atoms with Crippen LogP contribution >= 0.6 is 0 Å². The molecule has 0 radical (unpaired) electrons. The molecule has 1 atom stereocenters. The average molecular weight is 429 g/mol. The third-order valence-electron chi connectivity index (χ3n) is 5.93.